The van der Waals surface area contributed by atoms with Gasteiger partial charge in [0.25, 0.3) is 5.91 Å². The second-order valence-electron chi connectivity index (χ2n) is 4.50. The van der Waals surface area contributed by atoms with E-state index in [1.54, 1.807) is 7.05 Å². The first kappa shape index (κ1) is 14.0. The molecule has 0 unspecified atom stereocenters. The highest BCUT2D eigenvalue weighted by Crippen LogP contribution is 2.18. The van der Waals surface area contributed by atoms with Gasteiger partial charge in [-0.1, -0.05) is 30.3 Å². The molecule has 0 aromatic heterocycles. The van der Waals surface area contributed by atoms with Crippen molar-refractivity contribution >= 4 is 11.6 Å². The minimum atomic E-state index is -0.915. The van der Waals surface area contributed by atoms with Gasteiger partial charge in [0.05, 0.1) is 11.3 Å². The van der Waals surface area contributed by atoms with Crippen LogP contribution in [0.15, 0.2) is 42.5 Å². The molecule has 0 fully saturated rings. The SMILES string of the molecule is CN(Cc1ccccc1)C(=O)c1cc(N)c(F)cc1F. The Labute approximate surface area is 115 Å². The zero-order chi connectivity index (χ0) is 14.7. The van der Waals surface area contributed by atoms with Crippen LogP contribution in [0.4, 0.5) is 14.5 Å². The summed E-state index contributed by atoms with van der Waals surface area (Å²) in [6, 6.07) is 10.9. The van der Waals surface area contributed by atoms with Gasteiger partial charge in [-0.05, 0) is 11.6 Å². The summed E-state index contributed by atoms with van der Waals surface area (Å²) in [5.41, 5.74) is 5.80. The maximum atomic E-state index is 13.6. The molecule has 0 saturated heterocycles. The van der Waals surface area contributed by atoms with Crippen LogP contribution in [0.2, 0.25) is 0 Å². The molecule has 0 atom stereocenters. The maximum Gasteiger partial charge on any atom is 0.256 e. The Morgan fingerprint density at radius 2 is 1.80 bits per heavy atom. The molecule has 0 heterocycles. The molecule has 0 saturated carbocycles. The van der Waals surface area contributed by atoms with Gasteiger partial charge >= 0.3 is 0 Å². The van der Waals surface area contributed by atoms with Crippen molar-refractivity contribution in [3.8, 4) is 0 Å². The van der Waals surface area contributed by atoms with Crippen molar-refractivity contribution in [3.05, 3.63) is 65.2 Å². The van der Waals surface area contributed by atoms with E-state index >= 15 is 0 Å². The molecule has 0 aliphatic carbocycles. The molecule has 2 aromatic rings. The van der Waals surface area contributed by atoms with E-state index in [-0.39, 0.29) is 11.3 Å². The third-order valence-corrected chi connectivity index (χ3v) is 2.93. The highest BCUT2D eigenvalue weighted by molar-refractivity contribution is 5.95. The molecule has 1 amide bonds. The monoisotopic (exact) mass is 276 g/mol. The number of carbonyl (C=O) groups is 1. The summed E-state index contributed by atoms with van der Waals surface area (Å²) in [4.78, 5) is 13.5. The summed E-state index contributed by atoms with van der Waals surface area (Å²) in [6.07, 6.45) is 0. The number of benzene rings is 2. The van der Waals surface area contributed by atoms with Gasteiger partial charge in [0.2, 0.25) is 0 Å². The molecular formula is C15H14F2N2O. The van der Waals surface area contributed by atoms with Crippen LogP contribution in [0.1, 0.15) is 15.9 Å². The fourth-order valence-corrected chi connectivity index (χ4v) is 1.86. The van der Waals surface area contributed by atoms with Crippen LogP contribution < -0.4 is 5.73 Å². The molecule has 3 nitrogen and oxygen atoms in total. The lowest BCUT2D eigenvalue weighted by Gasteiger charge is -2.18. The normalized spacial score (nSPS) is 10.3. The van der Waals surface area contributed by atoms with Crippen LogP contribution >= 0.6 is 0 Å². The first-order valence-corrected chi connectivity index (χ1v) is 6.03. The first-order chi connectivity index (χ1) is 9.49. The van der Waals surface area contributed by atoms with Crippen LogP contribution in [-0.4, -0.2) is 17.9 Å². The largest absolute Gasteiger partial charge is 0.396 e. The molecule has 0 bridgehead atoms. The van der Waals surface area contributed by atoms with Gasteiger partial charge in [0.1, 0.15) is 11.6 Å². The van der Waals surface area contributed by atoms with Crippen molar-refractivity contribution in [3.63, 3.8) is 0 Å². The fourth-order valence-electron chi connectivity index (χ4n) is 1.86. The van der Waals surface area contributed by atoms with Crippen LogP contribution in [0, 0.1) is 11.6 Å². The molecular weight excluding hydrogens is 262 g/mol. The number of rotatable bonds is 3. The summed E-state index contributed by atoms with van der Waals surface area (Å²) in [5, 5.41) is 0. The molecule has 0 aliphatic heterocycles. The van der Waals surface area contributed by atoms with Crippen molar-refractivity contribution in [1.82, 2.24) is 4.90 Å². The van der Waals surface area contributed by atoms with Crippen molar-refractivity contribution in [2.75, 3.05) is 12.8 Å². The summed E-state index contributed by atoms with van der Waals surface area (Å²) >= 11 is 0. The smallest absolute Gasteiger partial charge is 0.256 e. The quantitative estimate of drug-likeness (QED) is 0.876. The Bertz CT molecular complexity index is 629. The molecule has 0 aliphatic rings. The Hall–Kier alpha value is -2.43. The number of nitrogens with zero attached hydrogens (tertiary/aromatic N) is 1. The number of amides is 1. The predicted octanol–water partition coefficient (Wildman–Crippen LogP) is 2.82. The number of anilines is 1. The average molecular weight is 276 g/mol. The number of hydrogen-bond donors (Lipinski definition) is 1. The van der Waals surface area contributed by atoms with E-state index in [4.69, 9.17) is 5.73 Å². The number of hydrogen-bond acceptors (Lipinski definition) is 2. The predicted molar refractivity (Wildman–Crippen MR) is 73.0 cm³/mol. The standard InChI is InChI=1S/C15H14F2N2O/c1-19(9-10-5-3-2-4-6-10)15(20)11-7-14(18)13(17)8-12(11)16/h2-8H,9,18H2,1H3. The molecule has 2 N–H and O–H groups in total. The summed E-state index contributed by atoms with van der Waals surface area (Å²) in [7, 11) is 1.55. The molecule has 104 valence electrons. The van der Waals surface area contributed by atoms with Crippen molar-refractivity contribution < 1.29 is 13.6 Å². The van der Waals surface area contributed by atoms with E-state index in [1.807, 2.05) is 30.3 Å². The summed E-state index contributed by atoms with van der Waals surface area (Å²) < 4.78 is 26.7. The van der Waals surface area contributed by atoms with Gasteiger partial charge < -0.3 is 10.6 Å². The Balaban J connectivity index is 2.21. The van der Waals surface area contributed by atoms with Gasteiger partial charge in [-0.3, -0.25) is 4.79 Å². The van der Waals surface area contributed by atoms with Gasteiger partial charge in [-0.15, -0.1) is 0 Å². The lowest BCUT2D eigenvalue weighted by atomic mass is 10.1. The van der Waals surface area contributed by atoms with E-state index in [9.17, 15) is 13.6 Å². The maximum absolute atomic E-state index is 13.6. The number of carbonyl (C=O) groups excluding carboxylic acids is 1. The molecule has 0 radical (unpaired) electrons. The third-order valence-electron chi connectivity index (χ3n) is 2.93. The molecule has 20 heavy (non-hydrogen) atoms. The van der Waals surface area contributed by atoms with Gasteiger partial charge in [0, 0.05) is 19.7 Å². The number of halogens is 2. The van der Waals surface area contributed by atoms with Crippen LogP contribution in [0.3, 0.4) is 0 Å². The van der Waals surface area contributed by atoms with Gasteiger partial charge in [-0.25, -0.2) is 8.78 Å². The Kier molecular flexibility index (Phi) is 3.98. The molecule has 2 rings (SSSR count). The van der Waals surface area contributed by atoms with E-state index < -0.39 is 17.5 Å². The van der Waals surface area contributed by atoms with E-state index in [2.05, 4.69) is 0 Å². The topological polar surface area (TPSA) is 46.3 Å². The van der Waals surface area contributed by atoms with Crippen molar-refractivity contribution in [2.45, 2.75) is 6.54 Å². The Morgan fingerprint density at radius 3 is 2.45 bits per heavy atom. The average Bonchev–Trinajstić information content (AvgIpc) is 2.43. The van der Waals surface area contributed by atoms with E-state index in [0.29, 0.717) is 12.6 Å². The summed E-state index contributed by atoms with van der Waals surface area (Å²) in [6.45, 7) is 0.330. The number of nitrogens with two attached hydrogens (primary N) is 1. The second kappa shape index (κ2) is 5.69. The highest BCUT2D eigenvalue weighted by Gasteiger charge is 2.18. The Morgan fingerprint density at radius 1 is 1.15 bits per heavy atom. The zero-order valence-electron chi connectivity index (χ0n) is 10.9. The second-order valence-corrected chi connectivity index (χ2v) is 4.50. The molecule has 2 aromatic carbocycles. The zero-order valence-corrected chi connectivity index (χ0v) is 10.9. The minimum absolute atomic E-state index is 0.234. The molecule has 5 heteroatoms. The lowest BCUT2D eigenvalue weighted by molar-refractivity contribution is 0.0780. The summed E-state index contributed by atoms with van der Waals surface area (Å²) in [5.74, 6) is -2.33. The van der Waals surface area contributed by atoms with E-state index in [0.717, 1.165) is 11.6 Å². The van der Waals surface area contributed by atoms with E-state index in [1.165, 1.54) is 4.90 Å². The van der Waals surface area contributed by atoms with Gasteiger partial charge in [-0.2, -0.15) is 0 Å². The highest BCUT2D eigenvalue weighted by atomic mass is 19.1. The van der Waals surface area contributed by atoms with Crippen LogP contribution in [-0.2, 0) is 6.54 Å². The number of nitrogen functional groups attached to an aromatic ring is 1. The fraction of sp³-hybridized carbons (Fsp3) is 0.133. The van der Waals surface area contributed by atoms with Crippen molar-refractivity contribution in [2.24, 2.45) is 0 Å². The van der Waals surface area contributed by atoms with Crippen LogP contribution in [0.25, 0.3) is 0 Å². The molecule has 0 spiro atoms. The van der Waals surface area contributed by atoms with Crippen LogP contribution in [0.5, 0.6) is 0 Å². The van der Waals surface area contributed by atoms with Crippen molar-refractivity contribution in [1.29, 1.82) is 0 Å². The lowest BCUT2D eigenvalue weighted by Crippen LogP contribution is -2.27. The minimum Gasteiger partial charge on any atom is -0.396 e. The van der Waals surface area contributed by atoms with Gasteiger partial charge in [0.15, 0.2) is 0 Å². The first-order valence-electron chi connectivity index (χ1n) is 6.03. The third kappa shape index (κ3) is 2.93.